The number of hydrogen-bond acceptors (Lipinski definition) is 4. The van der Waals surface area contributed by atoms with Gasteiger partial charge in [-0.15, -0.1) is 0 Å². The largest absolute Gasteiger partial charge is 0.426 e. The molecular weight excluding hydrogens is 237 g/mol. The maximum atomic E-state index is 13.2. The molecule has 92 valence electrons. The molecule has 0 bridgehead atoms. The van der Waals surface area contributed by atoms with Crippen molar-refractivity contribution in [1.82, 2.24) is 4.98 Å². The Morgan fingerprint density at radius 1 is 1.44 bits per heavy atom. The number of carbonyl (C=O) groups excluding carboxylic acids is 2. The predicted molar refractivity (Wildman–Crippen MR) is 63.1 cm³/mol. The van der Waals surface area contributed by atoms with Crippen LogP contribution in [-0.2, 0) is 4.79 Å². The highest BCUT2D eigenvalue weighted by Gasteiger charge is 2.14. The number of aromatic nitrogens is 1. The molecule has 1 aromatic carbocycles. The van der Waals surface area contributed by atoms with Crippen LogP contribution >= 0.6 is 0 Å². The van der Waals surface area contributed by atoms with Gasteiger partial charge in [-0.2, -0.15) is 0 Å². The summed E-state index contributed by atoms with van der Waals surface area (Å²) in [6.45, 7) is 2.84. The number of carbonyl (C=O) groups is 2. The van der Waals surface area contributed by atoms with Crippen LogP contribution in [0.2, 0.25) is 0 Å². The van der Waals surface area contributed by atoms with Crippen LogP contribution in [-0.4, -0.2) is 17.2 Å². The second-order valence-electron chi connectivity index (χ2n) is 3.82. The molecule has 0 radical (unpaired) electrons. The van der Waals surface area contributed by atoms with E-state index in [1.165, 1.54) is 25.1 Å². The molecule has 5 heteroatoms. The molecule has 0 aliphatic heterocycles. The first-order valence-corrected chi connectivity index (χ1v) is 5.26. The minimum atomic E-state index is -0.535. The quantitative estimate of drug-likeness (QED) is 0.604. The smallest absolute Gasteiger partial charge is 0.308 e. The van der Waals surface area contributed by atoms with Crippen molar-refractivity contribution in [1.29, 1.82) is 0 Å². The van der Waals surface area contributed by atoms with Crippen molar-refractivity contribution in [2.45, 2.75) is 13.8 Å². The Kier molecular flexibility index (Phi) is 3.06. The number of halogens is 1. The molecule has 0 spiro atoms. The highest BCUT2D eigenvalue weighted by Crippen LogP contribution is 2.30. The molecule has 0 atom stereocenters. The summed E-state index contributed by atoms with van der Waals surface area (Å²) in [6.07, 6.45) is 0.575. The lowest BCUT2D eigenvalue weighted by Gasteiger charge is -2.10. The normalized spacial score (nSPS) is 10.4. The summed E-state index contributed by atoms with van der Waals surface area (Å²) in [5.74, 6) is -0.822. The Bertz CT molecular complexity index is 652. The Labute approximate surface area is 102 Å². The second kappa shape index (κ2) is 4.52. The molecule has 0 N–H and O–H groups in total. The first-order chi connectivity index (χ1) is 8.52. The zero-order valence-electron chi connectivity index (χ0n) is 9.86. The molecule has 2 rings (SSSR count). The third kappa shape index (κ3) is 2.07. The number of hydrogen-bond donors (Lipinski definition) is 0. The van der Waals surface area contributed by atoms with Crippen LogP contribution in [0.4, 0.5) is 4.39 Å². The van der Waals surface area contributed by atoms with Gasteiger partial charge in [-0.1, -0.05) is 0 Å². The molecule has 0 saturated carbocycles. The van der Waals surface area contributed by atoms with Gasteiger partial charge in [-0.3, -0.25) is 9.59 Å². The van der Waals surface area contributed by atoms with Gasteiger partial charge in [0.05, 0.1) is 5.52 Å². The third-order valence-corrected chi connectivity index (χ3v) is 2.53. The fourth-order valence-electron chi connectivity index (χ4n) is 1.71. The Morgan fingerprint density at radius 2 is 2.17 bits per heavy atom. The van der Waals surface area contributed by atoms with Gasteiger partial charge < -0.3 is 4.74 Å². The van der Waals surface area contributed by atoms with E-state index in [1.807, 2.05) is 0 Å². The highest BCUT2D eigenvalue weighted by atomic mass is 19.1. The van der Waals surface area contributed by atoms with Crippen LogP contribution in [0.5, 0.6) is 5.75 Å². The molecular formula is C13H10FNO3. The number of esters is 1. The van der Waals surface area contributed by atoms with Crippen molar-refractivity contribution < 1.29 is 18.7 Å². The minimum absolute atomic E-state index is 0.172. The van der Waals surface area contributed by atoms with Gasteiger partial charge in [0.2, 0.25) is 0 Å². The van der Waals surface area contributed by atoms with Crippen molar-refractivity contribution >= 4 is 23.2 Å². The molecule has 1 heterocycles. The van der Waals surface area contributed by atoms with Gasteiger partial charge in [-0.05, 0) is 25.1 Å². The van der Waals surface area contributed by atoms with Crippen LogP contribution < -0.4 is 4.74 Å². The molecule has 0 aliphatic rings. The van der Waals surface area contributed by atoms with E-state index in [9.17, 15) is 14.0 Å². The van der Waals surface area contributed by atoms with E-state index >= 15 is 0 Å². The lowest BCUT2D eigenvalue weighted by molar-refractivity contribution is -0.131. The Balaban J connectivity index is 2.82. The monoisotopic (exact) mass is 247 g/mol. The SMILES string of the molecule is CC(=O)Oc1c(C)c(C=O)nc2ccc(F)cc12. The molecule has 18 heavy (non-hydrogen) atoms. The summed E-state index contributed by atoms with van der Waals surface area (Å²) in [5.41, 5.74) is 0.990. The van der Waals surface area contributed by atoms with E-state index in [0.717, 1.165) is 0 Å². The summed E-state index contributed by atoms with van der Waals surface area (Å²) in [4.78, 5) is 26.0. The summed E-state index contributed by atoms with van der Waals surface area (Å²) in [7, 11) is 0. The first kappa shape index (κ1) is 12.2. The fraction of sp³-hybridized carbons (Fsp3) is 0.154. The number of aldehydes is 1. The molecule has 1 aromatic heterocycles. The van der Waals surface area contributed by atoms with E-state index in [4.69, 9.17) is 4.74 Å². The first-order valence-electron chi connectivity index (χ1n) is 5.26. The standard InChI is InChI=1S/C13H10FNO3/c1-7-12(6-16)15-11-4-3-9(14)5-10(11)13(7)18-8(2)17/h3-6H,1-2H3. The minimum Gasteiger partial charge on any atom is -0.426 e. The molecule has 0 amide bonds. The van der Waals surface area contributed by atoms with Crippen LogP contribution in [0.1, 0.15) is 23.0 Å². The van der Waals surface area contributed by atoms with Crippen molar-refractivity contribution in [3.63, 3.8) is 0 Å². The maximum Gasteiger partial charge on any atom is 0.308 e. The average molecular weight is 247 g/mol. The summed E-state index contributed by atoms with van der Waals surface area (Å²) in [6, 6.07) is 3.89. The Morgan fingerprint density at radius 3 is 2.78 bits per heavy atom. The summed E-state index contributed by atoms with van der Waals surface area (Å²) in [5, 5.41) is 0.369. The van der Waals surface area contributed by atoms with Gasteiger partial charge in [0.25, 0.3) is 0 Å². The number of rotatable bonds is 2. The van der Waals surface area contributed by atoms with Crippen LogP contribution in [0.3, 0.4) is 0 Å². The molecule has 0 unspecified atom stereocenters. The molecule has 0 saturated heterocycles. The fourth-order valence-corrected chi connectivity index (χ4v) is 1.71. The van der Waals surface area contributed by atoms with Crippen LogP contribution in [0, 0.1) is 12.7 Å². The van der Waals surface area contributed by atoms with Crippen LogP contribution in [0.25, 0.3) is 10.9 Å². The lowest BCUT2D eigenvalue weighted by Crippen LogP contribution is -2.06. The summed E-state index contributed by atoms with van der Waals surface area (Å²) < 4.78 is 18.3. The topological polar surface area (TPSA) is 56.3 Å². The van der Waals surface area contributed by atoms with E-state index in [1.54, 1.807) is 6.92 Å². The second-order valence-corrected chi connectivity index (χ2v) is 3.82. The number of benzene rings is 1. The number of nitrogens with zero attached hydrogens (tertiary/aromatic N) is 1. The maximum absolute atomic E-state index is 13.2. The average Bonchev–Trinajstić information content (AvgIpc) is 2.32. The van der Waals surface area contributed by atoms with Crippen molar-refractivity contribution in [2.75, 3.05) is 0 Å². The molecule has 0 fully saturated rings. The zero-order chi connectivity index (χ0) is 13.3. The number of ether oxygens (including phenoxy) is 1. The number of pyridine rings is 1. The Hall–Kier alpha value is -2.30. The van der Waals surface area contributed by atoms with Crippen molar-refractivity contribution in [3.8, 4) is 5.75 Å². The third-order valence-electron chi connectivity index (χ3n) is 2.53. The van der Waals surface area contributed by atoms with Gasteiger partial charge in [0.1, 0.15) is 17.3 Å². The van der Waals surface area contributed by atoms with E-state index in [2.05, 4.69) is 4.98 Å². The molecule has 4 nitrogen and oxygen atoms in total. The van der Waals surface area contributed by atoms with Crippen molar-refractivity contribution in [2.24, 2.45) is 0 Å². The van der Waals surface area contributed by atoms with Gasteiger partial charge in [0, 0.05) is 17.9 Å². The summed E-state index contributed by atoms with van der Waals surface area (Å²) >= 11 is 0. The molecule has 2 aromatic rings. The zero-order valence-corrected chi connectivity index (χ0v) is 9.86. The number of fused-ring (bicyclic) bond motifs is 1. The van der Waals surface area contributed by atoms with Crippen LogP contribution in [0.15, 0.2) is 18.2 Å². The highest BCUT2D eigenvalue weighted by molar-refractivity contribution is 5.92. The van der Waals surface area contributed by atoms with E-state index < -0.39 is 11.8 Å². The van der Waals surface area contributed by atoms with Gasteiger partial charge in [0.15, 0.2) is 6.29 Å². The lowest BCUT2D eigenvalue weighted by atomic mass is 10.1. The van der Waals surface area contributed by atoms with E-state index in [-0.39, 0.29) is 11.4 Å². The van der Waals surface area contributed by atoms with E-state index in [0.29, 0.717) is 22.8 Å². The van der Waals surface area contributed by atoms with Gasteiger partial charge >= 0.3 is 5.97 Å². The van der Waals surface area contributed by atoms with Gasteiger partial charge in [-0.25, -0.2) is 9.37 Å². The van der Waals surface area contributed by atoms with Crippen molar-refractivity contribution in [3.05, 3.63) is 35.3 Å². The predicted octanol–water partition coefficient (Wildman–Crippen LogP) is 2.42. The molecule has 0 aliphatic carbocycles.